The molecular formula is C14H11F2NO4. The predicted octanol–water partition coefficient (Wildman–Crippen LogP) is 3.47. The summed E-state index contributed by atoms with van der Waals surface area (Å²) in [4.78, 5) is 9.48. The van der Waals surface area contributed by atoms with Crippen molar-refractivity contribution in [2.24, 2.45) is 0 Å². The Morgan fingerprint density at radius 1 is 1.24 bits per heavy atom. The fourth-order valence-corrected chi connectivity index (χ4v) is 1.77. The Balaban J connectivity index is 2.34. The lowest BCUT2D eigenvalue weighted by molar-refractivity contribution is -0.387. The van der Waals surface area contributed by atoms with Gasteiger partial charge in [-0.1, -0.05) is 6.07 Å². The summed E-state index contributed by atoms with van der Waals surface area (Å²) in [6, 6.07) is 5.72. The number of aliphatic hydroxyl groups is 1. The van der Waals surface area contributed by atoms with E-state index in [0.29, 0.717) is 17.7 Å². The number of aliphatic hydroxyl groups excluding tert-OH is 1. The maximum Gasteiger partial charge on any atom is 0.307 e. The Labute approximate surface area is 118 Å². The fourth-order valence-electron chi connectivity index (χ4n) is 1.77. The Bertz CT molecular complexity index is 704. The molecular weight excluding hydrogens is 284 g/mol. The van der Waals surface area contributed by atoms with E-state index in [1.165, 1.54) is 6.07 Å². The molecule has 0 spiro atoms. The van der Waals surface area contributed by atoms with Crippen molar-refractivity contribution >= 4 is 5.69 Å². The average molecular weight is 295 g/mol. The van der Waals surface area contributed by atoms with Crippen LogP contribution in [0.4, 0.5) is 14.5 Å². The van der Waals surface area contributed by atoms with Crippen molar-refractivity contribution in [1.29, 1.82) is 0 Å². The lowest BCUT2D eigenvalue weighted by Gasteiger charge is -2.09. The van der Waals surface area contributed by atoms with E-state index in [9.17, 15) is 18.9 Å². The van der Waals surface area contributed by atoms with Gasteiger partial charge in [0.15, 0.2) is 11.6 Å². The van der Waals surface area contributed by atoms with E-state index in [1.807, 2.05) is 0 Å². The number of benzene rings is 2. The number of nitro benzene ring substituents is 1. The Kier molecular flexibility index (Phi) is 4.13. The van der Waals surface area contributed by atoms with E-state index >= 15 is 0 Å². The molecule has 0 atom stereocenters. The number of nitrogens with zero attached hydrogens (tertiary/aromatic N) is 1. The molecule has 0 heterocycles. The Hall–Kier alpha value is -2.54. The number of aryl methyl sites for hydroxylation is 1. The molecule has 0 bridgehead atoms. The Morgan fingerprint density at radius 3 is 2.52 bits per heavy atom. The molecule has 0 unspecified atom stereocenters. The molecule has 110 valence electrons. The number of halogens is 2. The van der Waals surface area contributed by atoms with Crippen molar-refractivity contribution in [3.05, 3.63) is 63.2 Å². The highest BCUT2D eigenvalue weighted by Gasteiger charge is 2.19. The molecule has 2 rings (SSSR count). The van der Waals surface area contributed by atoms with Gasteiger partial charge in [0.05, 0.1) is 17.6 Å². The highest BCUT2D eigenvalue weighted by Crippen LogP contribution is 2.30. The van der Waals surface area contributed by atoms with Crippen LogP contribution in [0.25, 0.3) is 0 Å². The zero-order chi connectivity index (χ0) is 15.6. The average Bonchev–Trinajstić information content (AvgIpc) is 2.42. The number of ether oxygens (including phenoxy) is 1. The van der Waals surface area contributed by atoms with E-state index < -0.39 is 28.0 Å². The van der Waals surface area contributed by atoms with E-state index in [-0.39, 0.29) is 12.4 Å². The number of hydrogen-bond donors (Lipinski definition) is 1. The minimum atomic E-state index is -1.18. The first-order valence-corrected chi connectivity index (χ1v) is 5.94. The summed E-state index contributed by atoms with van der Waals surface area (Å²) in [6.07, 6.45) is 0. The van der Waals surface area contributed by atoms with Gasteiger partial charge in [0, 0.05) is 6.07 Å². The molecule has 0 aliphatic carbocycles. The van der Waals surface area contributed by atoms with Crippen LogP contribution in [0.2, 0.25) is 0 Å². The van der Waals surface area contributed by atoms with Crippen LogP contribution >= 0.6 is 0 Å². The van der Waals surface area contributed by atoms with Crippen LogP contribution in [-0.2, 0) is 6.61 Å². The second-order valence-corrected chi connectivity index (χ2v) is 4.34. The monoisotopic (exact) mass is 295 g/mol. The molecule has 2 aromatic rings. The SMILES string of the molecule is Cc1cc(Oc2cc(F)c([N+](=O)[O-])cc2F)ccc1CO. The summed E-state index contributed by atoms with van der Waals surface area (Å²) in [5.41, 5.74) is 0.446. The van der Waals surface area contributed by atoms with Crippen LogP contribution in [0.15, 0.2) is 30.3 Å². The van der Waals surface area contributed by atoms with E-state index in [1.54, 1.807) is 19.1 Å². The summed E-state index contributed by atoms with van der Waals surface area (Å²) in [5.74, 6) is -2.43. The van der Waals surface area contributed by atoms with Gasteiger partial charge in [-0.15, -0.1) is 0 Å². The Morgan fingerprint density at radius 2 is 1.95 bits per heavy atom. The maximum absolute atomic E-state index is 13.7. The summed E-state index contributed by atoms with van der Waals surface area (Å²) < 4.78 is 32.3. The van der Waals surface area contributed by atoms with Crippen molar-refractivity contribution < 1.29 is 23.5 Å². The van der Waals surface area contributed by atoms with Gasteiger partial charge < -0.3 is 9.84 Å². The molecule has 0 aliphatic heterocycles. The molecule has 0 fully saturated rings. The minimum Gasteiger partial charge on any atom is -0.454 e. The fraction of sp³-hybridized carbons (Fsp3) is 0.143. The van der Waals surface area contributed by atoms with Gasteiger partial charge >= 0.3 is 5.69 Å². The van der Waals surface area contributed by atoms with Crippen LogP contribution in [-0.4, -0.2) is 10.0 Å². The molecule has 2 aromatic carbocycles. The van der Waals surface area contributed by atoms with E-state index in [4.69, 9.17) is 9.84 Å². The first-order valence-electron chi connectivity index (χ1n) is 5.94. The molecule has 0 saturated heterocycles. The highest BCUT2D eigenvalue weighted by atomic mass is 19.1. The number of rotatable bonds is 4. The third-order valence-electron chi connectivity index (χ3n) is 2.91. The largest absolute Gasteiger partial charge is 0.454 e. The van der Waals surface area contributed by atoms with Gasteiger partial charge in [-0.25, -0.2) is 4.39 Å². The standard InChI is InChI=1S/C14H11F2NO4/c1-8-4-10(3-2-9(8)7-18)21-14-6-11(15)13(17(19)20)5-12(14)16/h2-6,18H,7H2,1H3. The summed E-state index contributed by atoms with van der Waals surface area (Å²) in [6.45, 7) is 1.58. The van der Waals surface area contributed by atoms with E-state index in [2.05, 4.69) is 0 Å². The van der Waals surface area contributed by atoms with Crippen molar-refractivity contribution in [2.75, 3.05) is 0 Å². The van der Waals surface area contributed by atoms with Gasteiger partial charge in [0.2, 0.25) is 5.82 Å². The molecule has 21 heavy (non-hydrogen) atoms. The number of hydrogen-bond acceptors (Lipinski definition) is 4. The second kappa shape index (κ2) is 5.84. The van der Waals surface area contributed by atoms with Crippen LogP contribution < -0.4 is 4.74 Å². The summed E-state index contributed by atoms with van der Waals surface area (Å²) >= 11 is 0. The van der Waals surface area contributed by atoms with Gasteiger partial charge in [0.25, 0.3) is 0 Å². The molecule has 0 saturated carbocycles. The summed E-state index contributed by atoms with van der Waals surface area (Å²) in [7, 11) is 0. The highest BCUT2D eigenvalue weighted by molar-refractivity contribution is 5.42. The van der Waals surface area contributed by atoms with Gasteiger partial charge in [-0.3, -0.25) is 10.1 Å². The van der Waals surface area contributed by atoms with Crippen LogP contribution in [0.1, 0.15) is 11.1 Å². The van der Waals surface area contributed by atoms with Crippen molar-refractivity contribution in [3.63, 3.8) is 0 Å². The molecule has 1 N–H and O–H groups in total. The normalized spacial score (nSPS) is 10.5. The first kappa shape index (κ1) is 14.9. The zero-order valence-electron chi connectivity index (χ0n) is 11.0. The molecule has 0 amide bonds. The lowest BCUT2D eigenvalue weighted by Crippen LogP contribution is -1.97. The predicted molar refractivity (Wildman–Crippen MR) is 70.2 cm³/mol. The molecule has 7 heteroatoms. The topological polar surface area (TPSA) is 72.6 Å². The van der Waals surface area contributed by atoms with Crippen LogP contribution in [0.3, 0.4) is 0 Å². The third-order valence-corrected chi connectivity index (χ3v) is 2.91. The molecule has 5 nitrogen and oxygen atoms in total. The van der Waals surface area contributed by atoms with Crippen molar-refractivity contribution in [2.45, 2.75) is 13.5 Å². The van der Waals surface area contributed by atoms with Crippen LogP contribution in [0.5, 0.6) is 11.5 Å². The summed E-state index contributed by atoms with van der Waals surface area (Å²) in [5, 5.41) is 19.5. The van der Waals surface area contributed by atoms with Crippen molar-refractivity contribution in [1.82, 2.24) is 0 Å². The van der Waals surface area contributed by atoms with Gasteiger partial charge in [-0.2, -0.15) is 4.39 Å². The molecule has 0 radical (unpaired) electrons. The lowest BCUT2D eigenvalue weighted by atomic mass is 10.1. The molecule has 0 aromatic heterocycles. The van der Waals surface area contributed by atoms with Crippen LogP contribution in [0, 0.1) is 28.7 Å². The molecule has 0 aliphatic rings. The number of nitro groups is 1. The van der Waals surface area contributed by atoms with Crippen molar-refractivity contribution in [3.8, 4) is 11.5 Å². The van der Waals surface area contributed by atoms with Gasteiger partial charge in [0.1, 0.15) is 5.75 Å². The van der Waals surface area contributed by atoms with E-state index in [0.717, 1.165) is 5.56 Å². The smallest absolute Gasteiger partial charge is 0.307 e. The third kappa shape index (κ3) is 3.14. The first-order chi connectivity index (χ1) is 9.92. The van der Waals surface area contributed by atoms with Gasteiger partial charge in [-0.05, 0) is 30.2 Å². The second-order valence-electron chi connectivity index (χ2n) is 4.34. The quantitative estimate of drug-likeness (QED) is 0.692. The zero-order valence-corrected chi connectivity index (χ0v) is 11.0. The minimum absolute atomic E-state index is 0.146. The maximum atomic E-state index is 13.7.